The molecule has 9 nitrogen and oxygen atoms in total. The van der Waals surface area contributed by atoms with E-state index in [1.807, 2.05) is 31.2 Å². The fourth-order valence-electron chi connectivity index (χ4n) is 1.35. The van der Waals surface area contributed by atoms with Crippen molar-refractivity contribution in [1.82, 2.24) is 0 Å². The Kier molecular flexibility index (Phi) is 9.51. The number of benzene rings is 1. The zero-order valence-corrected chi connectivity index (χ0v) is 14.2. The van der Waals surface area contributed by atoms with Crippen LogP contribution in [0.5, 0.6) is 5.75 Å². The van der Waals surface area contributed by atoms with Gasteiger partial charge >= 0.3 is 72.4 Å². The van der Waals surface area contributed by atoms with Crippen LogP contribution in [0.15, 0.2) is 24.3 Å². The van der Waals surface area contributed by atoms with E-state index in [1.54, 1.807) is 0 Å². The Labute approximate surface area is 137 Å². The Bertz CT molecular complexity index is 478. The molecule has 10 heteroatoms. The molecule has 1 saturated heterocycles. The standard InChI is InChI=1S/C8H11NO.C4H4O6.H2O.Sb/c1-2-10-8-5-3-4-7(9)6-8;5-1(3(7)8)2(6)4(9)10;;/h3-6H,2,9H2,1H3;1-2H,(H,7,8)(H,9,10);1H2;/q;-2;;+2. The van der Waals surface area contributed by atoms with Gasteiger partial charge in [0.25, 0.3) is 0 Å². The number of nitrogen functional groups attached to an aromatic ring is 1. The van der Waals surface area contributed by atoms with Crippen LogP contribution in [0.25, 0.3) is 0 Å². The van der Waals surface area contributed by atoms with Crippen LogP contribution in [0.1, 0.15) is 6.92 Å². The summed E-state index contributed by atoms with van der Waals surface area (Å²) in [6, 6.07) is 7.41. The molecule has 1 aromatic rings. The Morgan fingerprint density at radius 3 is 2.23 bits per heavy atom. The van der Waals surface area contributed by atoms with Crippen LogP contribution in [0.4, 0.5) is 5.69 Å². The van der Waals surface area contributed by atoms with Gasteiger partial charge in [-0.05, 0) is 19.1 Å². The van der Waals surface area contributed by atoms with Gasteiger partial charge in [0, 0.05) is 11.8 Å². The molecule has 1 aliphatic heterocycles. The molecule has 0 saturated carbocycles. The first-order chi connectivity index (χ1) is 9.95. The molecular weight excluding hydrogens is 408 g/mol. The SMILES string of the molecule is CCOc1cccc(N)c1.O.O=C(O)C1[O][Sb][O]C1C(=O)O. The van der Waals surface area contributed by atoms with Crippen LogP contribution in [0.2, 0.25) is 0 Å². The molecule has 2 atom stereocenters. The van der Waals surface area contributed by atoms with Crippen molar-refractivity contribution in [3.8, 4) is 5.75 Å². The monoisotopic (exact) mass is 424 g/mol. The second kappa shape index (κ2) is 10.2. The van der Waals surface area contributed by atoms with Gasteiger partial charge in [-0.3, -0.25) is 0 Å². The van der Waals surface area contributed by atoms with Crippen LogP contribution in [0.3, 0.4) is 0 Å². The maximum atomic E-state index is 10.3. The average molecular weight is 425 g/mol. The summed E-state index contributed by atoms with van der Waals surface area (Å²) >= 11 is -1.49. The second-order valence-electron chi connectivity index (χ2n) is 3.81. The number of carbonyl (C=O) groups is 2. The summed E-state index contributed by atoms with van der Waals surface area (Å²) in [5.74, 6) is -1.74. The van der Waals surface area contributed by atoms with Gasteiger partial charge in [-0.2, -0.15) is 0 Å². The molecule has 1 aliphatic rings. The number of rotatable bonds is 4. The number of hydrogen-bond acceptors (Lipinski definition) is 6. The summed E-state index contributed by atoms with van der Waals surface area (Å²) in [7, 11) is 0. The van der Waals surface area contributed by atoms with Gasteiger partial charge in [0.05, 0.1) is 6.61 Å². The van der Waals surface area contributed by atoms with E-state index >= 15 is 0 Å². The molecule has 1 radical (unpaired) electrons. The topological polar surface area (TPSA) is 160 Å². The van der Waals surface area contributed by atoms with Gasteiger partial charge in [-0.15, -0.1) is 0 Å². The Hall–Kier alpha value is -1.54. The molecule has 2 unspecified atom stereocenters. The molecule has 0 spiro atoms. The van der Waals surface area contributed by atoms with E-state index in [2.05, 4.69) is 6.03 Å². The van der Waals surface area contributed by atoms with Crippen molar-refractivity contribution in [3.05, 3.63) is 24.3 Å². The van der Waals surface area contributed by atoms with Crippen LogP contribution in [0, 0.1) is 0 Å². The Morgan fingerprint density at radius 1 is 1.27 bits per heavy atom. The van der Waals surface area contributed by atoms with Gasteiger partial charge in [0.2, 0.25) is 0 Å². The van der Waals surface area contributed by atoms with Crippen molar-refractivity contribution in [3.63, 3.8) is 0 Å². The van der Waals surface area contributed by atoms with Crippen molar-refractivity contribution in [2.45, 2.75) is 19.1 Å². The van der Waals surface area contributed by atoms with Crippen molar-refractivity contribution < 1.29 is 36.0 Å². The second-order valence-corrected chi connectivity index (χ2v) is 5.44. The molecule has 1 aromatic carbocycles. The molecule has 6 N–H and O–H groups in total. The molecule has 0 aliphatic carbocycles. The van der Waals surface area contributed by atoms with Crippen LogP contribution < -0.4 is 10.5 Å². The molecular formula is C12H17NO8Sb. The number of ether oxygens (including phenoxy) is 1. The molecule has 1 fully saturated rings. The summed E-state index contributed by atoms with van der Waals surface area (Å²) in [6.45, 7) is 2.63. The van der Waals surface area contributed by atoms with Gasteiger partial charge < -0.3 is 15.9 Å². The minimum absolute atomic E-state index is 0. The molecule has 1 heterocycles. The predicted molar refractivity (Wildman–Crippen MR) is 76.4 cm³/mol. The van der Waals surface area contributed by atoms with Gasteiger partial charge in [-0.25, -0.2) is 0 Å². The van der Waals surface area contributed by atoms with Crippen LogP contribution in [-0.2, 0) is 15.6 Å². The molecule has 2 rings (SSSR count). The van der Waals surface area contributed by atoms with Gasteiger partial charge in [-0.1, -0.05) is 6.07 Å². The summed E-state index contributed by atoms with van der Waals surface area (Å²) in [5, 5.41) is 16.8. The van der Waals surface area contributed by atoms with Crippen molar-refractivity contribution >= 4 is 40.1 Å². The third-order valence-corrected chi connectivity index (χ3v) is 4.03. The Morgan fingerprint density at radius 2 is 1.82 bits per heavy atom. The fourth-order valence-corrected chi connectivity index (χ4v) is 3.17. The van der Waals surface area contributed by atoms with Gasteiger partial charge in [0.15, 0.2) is 0 Å². The van der Waals surface area contributed by atoms with E-state index in [1.165, 1.54) is 0 Å². The molecule has 123 valence electrons. The quantitative estimate of drug-likeness (QED) is 0.423. The van der Waals surface area contributed by atoms with Crippen molar-refractivity contribution in [2.24, 2.45) is 0 Å². The number of carboxylic acids is 2. The van der Waals surface area contributed by atoms with E-state index in [4.69, 9.17) is 20.7 Å². The average Bonchev–Trinajstić information content (AvgIpc) is 2.89. The van der Waals surface area contributed by atoms with E-state index in [0.717, 1.165) is 11.4 Å². The third-order valence-electron chi connectivity index (χ3n) is 2.24. The molecule has 22 heavy (non-hydrogen) atoms. The zero-order valence-electron chi connectivity index (χ0n) is 11.6. The maximum absolute atomic E-state index is 10.3. The van der Waals surface area contributed by atoms with Crippen LogP contribution >= 0.6 is 0 Å². The van der Waals surface area contributed by atoms with Crippen molar-refractivity contribution in [1.29, 1.82) is 0 Å². The third kappa shape index (κ3) is 6.48. The Balaban J connectivity index is 0.000000385. The predicted octanol–water partition coefficient (Wildman–Crippen LogP) is -0.683. The van der Waals surface area contributed by atoms with Gasteiger partial charge in [0.1, 0.15) is 5.75 Å². The first kappa shape index (κ1) is 20.5. The van der Waals surface area contributed by atoms with E-state index in [9.17, 15) is 9.59 Å². The number of nitrogens with two attached hydrogens (primary N) is 1. The summed E-state index contributed by atoms with van der Waals surface area (Å²) in [6.07, 6.45) is -2.63. The van der Waals surface area contributed by atoms with Crippen LogP contribution in [-0.4, -0.2) is 68.9 Å². The summed E-state index contributed by atoms with van der Waals surface area (Å²) < 4.78 is 14.5. The number of anilines is 1. The zero-order chi connectivity index (χ0) is 15.8. The number of hydrogen-bond donors (Lipinski definition) is 3. The first-order valence-electron chi connectivity index (χ1n) is 5.91. The number of carboxylic acid groups (broad SMARTS) is 2. The first-order valence-corrected chi connectivity index (χ1v) is 8.00. The summed E-state index contributed by atoms with van der Waals surface area (Å²) in [4.78, 5) is 20.5. The summed E-state index contributed by atoms with van der Waals surface area (Å²) in [5.41, 5.74) is 6.25. The molecule has 0 amide bonds. The van der Waals surface area contributed by atoms with E-state index in [-0.39, 0.29) is 5.48 Å². The molecule has 0 bridgehead atoms. The van der Waals surface area contributed by atoms with E-state index in [0.29, 0.717) is 6.61 Å². The number of aliphatic carboxylic acids is 2. The van der Waals surface area contributed by atoms with E-state index < -0.39 is 46.6 Å². The molecule has 0 aromatic heterocycles. The normalized spacial score (nSPS) is 19.3. The fraction of sp³-hybridized carbons (Fsp3) is 0.333. The minimum atomic E-state index is -1.49. The van der Waals surface area contributed by atoms with Crippen molar-refractivity contribution in [2.75, 3.05) is 12.3 Å².